The number of hydrogen-bond acceptors (Lipinski definition) is 6. The molecule has 0 N–H and O–H groups in total. The third-order valence-electron chi connectivity index (χ3n) is 3.39. The third-order valence-corrected chi connectivity index (χ3v) is 3.39. The summed E-state index contributed by atoms with van der Waals surface area (Å²) in [6.45, 7) is 0.773. The number of nitrogens with zero attached hydrogens (tertiary/aromatic N) is 6. The first-order valence-corrected chi connectivity index (χ1v) is 7.83. The molecule has 2 aromatic heterocycles. The van der Waals surface area contributed by atoms with Gasteiger partial charge in [-0.1, -0.05) is 12.1 Å². The molecule has 0 saturated carbocycles. The highest BCUT2D eigenvalue weighted by atomic mass is 19.3. The number of ether oxygens (including phenoxy) is 1. The first-order valence-electron chi connectivity index (χ1n) is 7.83. The number of rotatable bonds is 6. The van der Waals surface area contributed by atoms with Crippen LogP contribution in [0.2, 0.25) is 0 Å². The van der Waals surface area contributed by atoms with E-state index in [1.54, 1.807) is 38.1 Å². The molecule has 10 heteroatoms. The molecule has 0 aliphatic heterocycles. The number of esters is 1. The summed E-state index contributed by atoms with van der Waals surface area (Å²) in [5.74, 6) is -0.0780. The van der Waals surface area contributed by atoms with Crippen LogP contribution < -0.4 is 0 Å². The minimum absolute atomic E-state index is 0.0561. The van der Waals surface area contributed by atoms with Crippen LogP contribution >= 0.6 is 0 Å². The van der Waals surface area contributed by atoms with Gasteiger partial charge in [-0.15, -0.1) is 10.2 Å². The van der Waals surface area contributed by atoms with E-state index < -0.39 is 12.5 Å². The summed E-state index contributed by atoms with van der Waals surface area (Å²) < 4.78 is 31.6. The molecule has 3 rings (SSSR count). The van der Waals surface area contributed by atoms with Crippen LogP contribution in [0.5, 0.6) is 0 Å². The molecule has 1 aromatic carbocycles. The fourth-order valence-corrected chi connectivity index (χ4v) is 2.26. The number of alkyl halides is 2. The highest BCUT2D eigenvalue weighted by Crippen LogP contribution is 2.17. The van der Waals surface area contributed by atoms with E-state index in [9.17, 15) is 13.6 Å². The number of aromatic nitrogens is 6. The summed E-state index contributed by atoms with van der Waals surface area (Å²) in [6.07, 6.45) is 2.23. The molecule has 0 fully saturated rings. The lowest BCUT2D eigenvalue weighted by Crippen LogP contribution is -2.11. The van der Waals surface area contributed by atoms with E-state index in [1.165, 1.54) is 12.4 Å². The van der Waals surface area contributed by atoms with Gasteiger partial charge in [0, 0.05) is 18.0 Å². The van der Waals surface area contributed by atoms with Gasteiger partial charge in [0.25, 0.3) is 0 Å². The molecule has 136 valence electrons. The second kappa shape index (κ2) is 7.38. The van der Waals surface area contributed by atoms with Crippen molar-refractivity contribution in [2.45, 2.75) is 33.0 Å². The van der Waals surface area contributed by atoms with Gasteiger partial charge in [0.2, 0.25) is 5.82 Å². The van der Waals surface area contributed by atoms with Gasteiger partial charge in [-0.2, -0.15) is 13.6 Å². The maximum atomic E-state index is 12.9. The molecular weight excluding hydrogens is 346 g/mol. The molecule has 2 heterocycles. The quantitative estimate of drug-likeness (QED) is 0.626. The van der Waals surface area contributed by atoms with Gasteiger partial charge in [-0.3, -0.25) is 4.57 Å². The Morgan fingerprint density at radius 3 is 2.85 bits per heavy atom. The van der Waals surface area contributed by atoms with E-state index in [-0.39, 0.29) is 24.3 Å². The van der Waals surface area contributed by atoms with E-state index >= 15 is 0 Å². The van der Waals surface area contributed by atoms with Crippen molar-refractivity contribution >= 4 is 5.97 Å². The van der Waals surface area contributed by atoms with Crippen LogP contribution in [0.4, 0.5) is 8.78 Å². The fraction of sp³-hybridized carbons (Fsp3) is 0.312. The minimum atomic E-state index is -2.70. The number of halogens is 2. The van der Waals surface area contributed by atoms with Crippen molar-refractivity contribution in [2.75, 3.05) is 0 Å². The summed E-state index contributed by atoms with van der Waals surface area (Å²) in [7, 11) is 0. The van der Waals surface area contributed by atoms with Crippen LogP contribution in [-0.2, 0) is 11.3 Å². The first kappa shape index (κ1) is 17.6. The van der Waals surface area contributed by atoms with E-state index in [0.29, 0.717) is 11.1 Å². The zero-order valence-electron chi connectivity index (χ0n) is 14.1. The van der Waals surface area contributed by atoms with Gasteiger partial charge in [0.1, 0.15) is 12.4 Å². The summed E-state index contributed by atoms with van der Waals surface area (Å²) in [4.78, 5) is 17.0. The zero-order chi connectivity index (χ0) is 18.7. The average Bonchev–Trinajstić information content (AvgIpc) is 3.24. The van der Waals surface area contributed by atoms with Gasteiger partial charge < -0.3 is 4.74 Å². The number of hydrogen-bond donors (Lipinski definition) is 0. The normalized spacial score (nSPS) is 11.3. The average molecular weight is 362 g/mol. The van der Waals surface area contributed by atoms with Crippen LogP contribution in [0.1, 0.15) is 36.6 Å². The molecule has 0 spiro atoms. The monoisotopic (exact) mass is 362 g/mol. The van der Waals surface area contributed by atoms with Gasteiger partial charge in [0.15, 0.2) is 0 Å². The molecule has 0 amide bonds. The molecule has 0 aliphatic carbocycles. The largest absolute Gasteiger partial charge is 0.459 e. The Morgan fingerprint density at radius 2 is 2.12 bits per heavy atom. The summed E-state index contributed by atoms with van der Waals surface area (Å²) >= 11 is 0. The number of carbonyl (C=O) groups is 1. The molecule has 0 atom stereocenters. The van der Waals surface area contributed by atoms with E-state index in [1.807, 2.05) is 0 Å². The Labute approximate surface area is 147 Å². The number of carbonyl (C=O) groups excluding carboxylic acids is 1. The van der Waals surface area contributed by atoms with Crippen molar-refractivity contribution in [2.24, 2.45) is 0 Å². The van der Waals surface area contributed by atoms with Crippen molar-refractivity contribution in [3.8, 4) is 11.4 Å². The summed E-state index contributed by atoms with van der Waals surface area (Å²) in [5.41, 5.74) is 0.924. The highest BCUT2D eigenvalue weighted by Gasteiger charge is 2.15. The Hall–Kier alpha value is -3.17. The van der Waals surface area contributed by atoms with Crippen molar-refractivity contribution in [3.63, 3.8) is 0 Å². The van der Waals surface area contributed by atoms with Gasteiger partial charge in [-0.05, 0) is 31.2 Å². The van der Waals surface area contributed by atoms with Crippen LogP contribution in [-0.4, -0.2) is 41.8 Å². The van der Waals surface area contributed by atoms with E-state index in [0.717, 1.165) is 9.36 Å². The maximum absolute atomic E-state index is 12.9. The molecule has 26 heavy (non-hydrogen) atoms. The first-order chi connectivity index (χ1) is 12.4. The van der Waals surface area contributed by atoms with Crippen LogP contribution in [0.15, 0.2) is 36.7 Å². The van der Waals surface area contributed by atoms with Gasteiger partial charge >= 0.3 is 12.5 Å². The van der Waals surface area contributed by atoms with Crippen LogP contribution in [0.3, 0.4) is 0 Å². The molecular formula is C16H16F2N6O2. The predicted octanol–water partition coefficient (Wildman–Crippen LogP) is 2.55. The lowest BCUT2D eigenvalue weighted by Gasteiger charge is -2.08. The summed E-state index contributed by atoms with van der Waals surface area (Å²) in [6, 6.07) is 6.61. The number of imidazole rings is 1. The Balaban J connectivity index is 1.79. The van der Waals surface area contributed by atoms with Gasteiger partial charge in [-0.25, -0.2) is 9.78 Å². The van der Waals surface area contributed by atoms with Crippen molar-refractivity contribution in [3.05, 3.63) is 48.0 Å². The van der Waals surface area contributed by atoms with Crippen molar-refractivity contribution in [1.29, 1.82) is 0 Å². The second-order valence-electron chi connectivity index (χ2n) is 5.71. The molecule has 8 nitrogen and oxygen atoms in total. The van der Waals surface area contributed by atoms with Gasteiger partial charge in [0.05, 0.1) is 11.7 Å². The smallest absolute Gasteiger partial charge is 0.338 e. The number of benzene rings is 1. The Bertz CT molecular complexity index is 906. The lowest BCUT2D eigenvalue weighted by atomic mass is 10.1. The SMILES string of the molecule is CC(C)OC(=O)c1cccc(-c2nnn(Cc3nccn3C(F)F)n2)c1. The Kier molecular flexibility index (Phi) is 5.01. The molecule has 0 bridgehead atoms. The standard InChI is InChI=1S/C16H16F2N6O2/c1-10(2)26-15(25)12-5-3-4-11(8-12)14-20-22-24(21-14)9-13-19-6-7-23(13)16(17)18/h3-8,10,16H,9H2,1-2H3. The zero-order valence-corrected chi connectivity index (χ0v) is 14.1. The third kappa shape index (κ3) is 3.90. The predicted molar refractivity (Wildman–Crippen MR) is 86.4 cm³/mol. The molecule has 0 unspecified atom stereocenters. The summed E-state index contributed by atoms with van der Waals surface area (Å²) in [5, 5.41) is 11.9. The van der Waals surface area contributed by atoms with Crippen molar-refractivity contribution in [1.82, 2.24) is 29.8 Å². The van der Waals surface area contributed by atoms with E-state index in [4.69, 9.17) is 4.74 Å². The second-order valence-corrected chi connectivity index (χ2v) is 5.71. The highest BCUT2D eigenvalue weighted by molar-refractivity contribution is 5.90. The number of tetrazole rings is 1. The van der Waals surface area contributed by atoms with Crippen LogP contribution in [0, 0.1) is 0 Å². The molecule has 0 saturated heterocycles. The molecule has 3 aromatic rings. The van der Waals surface area contributed by atoms with Crippen LogP contribution in [0.25, 0.3) is 11.4 Å². The Morgan fingerprint density at radius 1 is 1.31 bits per heavy atom. The van der Waals surface area contributed by atoms with Crippen molar-refractivity contribution < 1.29 is 18.3 Å². The lowest BCUT2D eigenvalue weighted by molar-refractivity contribution is 0.0378. The fourth-order valence-electron chi connectivity index (χ4n) is 2.26. The van der Waals surface area contributed by atoms with E-state index in [2.05, 4.69) is 20.4 Å². The minimum Gasteiger partial charge on any atom is -0.459 e. The maximum Gasteiger partial charge on any atom is 0.338 e. The topological polar surface area (TPSA) is 87.7 Å². The molecule has 0 aliphatic rings. The molecule has 0 radical (unpaired) electrons.